The van der Waals surface area contributed by atoms with Gasteiger partial charge in [0.25, 0.3) is 0 Å². The van der Waals surface area contributed by atoms with Crippen molar-refractivity contribution in [2.75, 3.05) is 19.8 Å². The van der Waals surface area contributed by atoms with E-state index in [1.54, 1.807) is 4.90 Å². The molecule has 0 bridgehead atoms. The Morgan fingerprint density at radius 3 is 2.74 bits per heavy atom. The monoisotopic (exact) mass is 319 g/mol. The molecule has 6 heteroatoms. The summed E-state index contributed by atoms with van der Waals surface area (Å²) in [5.74, 6) is -0.813. The van der Waals surface area contributed by atoms with E-state index in [-0.39, 0.29) is 25.0 Å². The van der Waals surface area contributed by atoms with Gasteiger partial charge in [-0.3, -0.25) is 9.59 Å². The minimum Gasteiger partial charge on any atom is -0.491 e. The van der Waals surface area contributed by atoms with E-state index in [1.807, 2.05) is 24.3 Å². The second-order valence-corrected chi connectivity index (χ2v) is 6.10. The van der Waals surface area contributed by atoms with E-state index in [9.17, 15) is 9.59 Å². The van der Waals surface area contributed by atoms with E-state index in [0.717, 1.165) is 30.8 Å². The molecule has 3 rings (SSSR count). The number of carbonyl (C=O) groups is 2. The van der Waals surface area contributed by atoms with Gasteiger partial charge in [0.1, 0.15) is 12.4 Å². The number of ether oxygens (including phenoxy) is 2. The molecular formula is C17H21NO5. The van der Waals surface area contributed by atoms with Gasteiger partial charge in [-0.1, -0.05) is 12.1 Å². The second kappa shape index (κ2) is 7.00. The van der Waals surface area contributed by atoms with Crippen LogP contribution in [0.5, 0.6) is 5.75 Å². The fourth-order valence-electron chi connectivity index (χ4n) is 2.97. The molecule has 0 saturated carbocycles. The van der Waals surface area contributed by atoms with Crippen molar-refractivity contribution in [3.63, 3.8) is 0 Å². The number of hydrogen-bond donors (Lipinski definition) is 1. The van der Waals surface area contributed by atoms with Gasteiger partial charge in [-0.05, 0) is 30.5 Å². The SMILES string of the molecule is O=C(O)[C@H]1CC(=O)N(Cc2ccc(OC[C@H]3CCCO3)cc2)C1. The lowest BCUT2D eigenvalue weighted by atomic mass is 10.1. The zero-order valence-corrected chi connectivity index (χ0v) is 12.9. The highest BCUT2D eigenvalue weighted by Gasteiger charge is 2.34. The lowest BCUT2D eigenvalue weighted by Gasteiger charge is -2.16. The van der Waals surface area contributed by atoms with Crippen molar-refractivity contribution in [3.8, 4) is 5.75 Å². The average molecular weight is 319 g/mol. The summed E-state index contributed by atoms with van der Waals surface area (Å²) < 4.78 is 11.2. The number of amides is 1. The van der Waals surface area contributed by atoms with E-state index < -0.39 is 11.9 Å². The number of nitrogens with zero attached hydrogens (tertiary/aromatic N) is 1. The molecule has 0 aromatic heterocycles. The standard InChI is InChI=1S/C17H21NO5/c19-16-8-13(17(20)21)10-18(16)9-12-3-5-14(6-4-12)23-11-15-2-1-7-22-15/h3-6,13,15H,1-2,7-11H2,(H,20,21)/t13-,15+/m0/s1. The molecule has 0 spiro atoms. The Balaban J connectivity index is 1.51. The lowest BCUT2D eigenvalue weighted by Crippen LogP contribution is -2.25. The Morgan fingerprint density at radius 2 is 2.13 bits per heavy atom. The third-order valence-electron chi connectivity index (χ3n) is 4.32. The van der Waals surface area contributed by atoms with Crippen molar-refractivity contribution in [2.45, 2.75) is 31.9 Å². The smallest absolute Gasteiger partial charge is 0.308 e. The van der Waals surface area contributed by atoms with E-state index in [4.69, 9.17) is 14.6 Å². The van der Waals surface area contributed by atoms with Crippen molar-refractivity contribution in [2.24, 2.45) is 5.92 Å². The van der Waals surface area contributed by atoms with Gasteiger partial charge in [-0.2, -0.15) is 0 Å². The van der Waals surface area contributed by atoms with E-state index >= 15 is 0 Å². The van der Waals surface area contributed by atoms with E-state index in [2.05, 4.69) is 0 Å². The Labute approximate surface area is 135 Å². The topological polar surface area (TPSA) is 76.1 Å². The van der Waals surface area contributed by atoms with Crippen molar-refractivity contribution >= 4 is 11.9 Å². The van der Waals surface area contributed by atoms with Crippen LogP contribution in [0.3, 0.4) is 0 Å². The number of carbonyl (C=O) groups excluding carboxylic acids is 1. The summed E-state index contributed by atoms with van der Waals surface area (Å²) in [4.78, 5) is 24.4. The molecule has 2 aliphatic rings. The van der Waals surface area contributed by atoms with Gasteiger partial charge in [-0.15, -0.1) is 0 Å². The fraction of sp³-hybridized carbons (Fsp3) is 0.529. The van der Waals surface area contributed by atoms with Crippen LogP contribution in [-0.2, 0) is 20.9 Å². The first kappa shape index (κ1) is 15.8. The van der Waals surface area contributed by atoms with Crippen LogP contribution in [0.2, 0.25) is 0 Å². The number of likely N-dealkylation sites (tertiary alicyclic amines) is 1. The van der Waals surface area contributed by atoms with Crippen molar-refractivity contribution in [1.29, 1.82) is 0 Å². The fourth-order valence-corrected chi connectivity index (χ4v) is 2.97. The molecule has 0 radical (unpaired) electrons. The Morgan fingerprint density at radius 1 is 1.35 bits per heavy atom. The molecule has 1 amide bonds. The molecule has 1 N–H and O–H groups in total. The third kappa shape index (κ3) is 4.01. The quantitative estimate of drug-likeness (QED) is 0.863. The van der Waals surface area contributed by atoms with Gasteiger partial charge in [0.15, 0.2) is 0 Å². The molecule has 0 aliphatic carbocycles. The molecule has 2 aliphatic heterocycles. The third-order valence-corrected chi connectivity index (χ3v) is 4.32. The second-order valence-electron chi connectivity index (χ2n) is 6.10. The first-order valence-electron chi connectivity index (χ1n) is 7.96. The Bertz CT molecular complexity index is 565. The maximum Gasteiger partial charge on any atom is 0.308 e. The molecule has 6 nitrogen and oxygen atoms in total. The van der Waals surface area contributed by atoms with Crippen LogP contribution >= 0.6 is 0 Å². The van der Waals surface area contributed by atoms with Crippen LogP contribution in [0, 0.1) is 5.92 Å². The minimum absolute atomic E-state index is 0.0952. The largest absolute Gasteiger partial charge is 0.491 e. The summed E-state index contributed by atoms with van der Waals surface area (Å²) in [6.07, 6.45) is 2.41. The predicted molar refractivity (Wildman–Crippen MR) is 82.1 cm³/mol. The summed E-state index contributed by atoms with van der Waals surface area (Å²) in [5, 5.41) is 8.99. The lowest BCUT2D eigenvalue weighted by molar-refractivity contribution is -0.141. The number of carboxylic acid groups (broad SMARTS) is 1. The number of hydrogen-bond acceptors (Lipinski definition) is 4. The molecule has 2 heterocycles. The van der Waals surface area contributed by atoms with E-state index in [1.165, 1.54) is 0 Å². The van der Waals surface area contributed by atoms with Crippen LogP contribution in [0.15, 0.2) is 24.3 Å². The molecule has 1 aromatic rings. The van der Waals surface area contributed by atoms with Crippen molar-refractivity contribution in [3.05, 3.63) is 29.8 Å². The minimum atomic E-state index is -0.904. The van der Waals surface area contributed by atoms with Gasteiger partial charge < -0.3 is 19.5 Å². The van der Waals surface area contributed by atoms with Crippen LogP contribution in [-0.4, -0.2) is 47.7 Å². The summed E-state index contributed by atoms with van der Waals surface area (Å²) >= 11 is 0. The maximum atomic E-state index is 11.8. The van der Waals surface area contributed by atoms with Gasteiger partial charge in [0.05, 0.1) is 12.0 Å². The van der Waals surface area contributed by atoms with E-state index in [0.29, 0.717) is 13.2 Å². The first-order chi connectivity index (χ1) is 11.1. The summed E-state index contributed by atoms with van der Waals surface area (Å²) in [5.41, 5.74) is 0.967. The maximum absolute atomic E-state index is 11.8. The number of benzene rings is 1. The molecule has 23 heavy (non-hydrogen) atoms. The molecular weight excluding hydrogens is 298 g/mol. The summed E-state index contributed by atoms with van der Waals surface area (Å²) in [6, 6.07) is 7.57. The Hall–Kier alpha value is -2.08. The summed E-state index contributed by atoms with van der Waals surface area (Å²) in [7, 11) is 0. The number of carboxylic acids is 1. The van der Waals surface area contributed by atoms with Crippen molar-refractivity contribution in [1.82, 2.24) is 4.90 Å². The summed E-state index contributed by atoms with van der Waals surface area (Å²) in [6.45, 7) is 2.10. The van der Waals surface area contributed by atoms with Crippen LogP contribution in [0.4, 0.5) is 0 Å². The van der Waals surface area contributed by atoms with Crippen LogP contribution in [0.1, 0.15) is 24.8 Å². The molecule has 2 atom stereocenters. The zero-order valence-electron chi connectivity index (χ0n) is 12.9. The van der Waals surface area contributed by atoms with Crippen LogP contribution < -0.4 is 4.74 Å². The van der Waals surface area contributed by atoms with Crippen molar-refractivity contribution < 1.29 is 24.2 Å². The number of rotatable bonds is 6. The zero-order chi connectivity index (χ0) is 16.2. The predicted octanol–water partition coefficient (Wildman–Crippen LogP) is 1.68. The molecule has 0 unspecified atom stereocenters. The number of aliphatic carboxylic acids is 1. The highest BCUT2D eigenvalue weighted by Crippen LogP contribution is 2.22. The van der Waals surface area contributed by atoms with Gasteiger partial charge in [-0.25, -0.2) is 0 Å². The normalized spacial score (nSPS) is 24.2. The highest BCUT2D eigenvalue weighted by atomic mass is 16.5. The molecule has 1 aromatic carbocycles. The molecule has 2 saturated heterocycles. The van der Waals surface area contributed by atoms with Gasteiger partial charge in [0.2, 0.25) is 5.91 Å². The molecule has 2 fully saturated rings. The first-order valence-corrected chi connectivity index (χ1v) is 7.96. The van der Waals surface area contributed by atoms with Gasteiger partial charge in [0, 0.05) is 26.1 Å². The highest BCUT2D eigenvalue weighted by molar-refractivity contribution is 5.86. The van der Waals surface area contributed by atoms with Gasteiger partial charge >= 0.3 is 5.97 Å². The Kier molecular flexibility index (Phi) is 4.81. The molecule has 124 valence electrons. The van der Waals surface area contributed by atoms with Crippen LogP contribution in [0.25, 0.3) is 0 Å². The average Bonchev–Trinajstić information content (AvgIpc) is 3.17.